The number of carbonyl (C=O) groups excluding carboxylic acids is 1. The molecule has 0 spiro atoms. The van der Waals surface area contributed by atoms with E-state index in [1.807, 2.05) is 0 Å². The van der Waals surface area contributed by atoms with Gasteiger partial charge in [0.25, 0.3) is 5.91 Å². The van der Waals surface area contributed by atoms with E-state index < -0.39 is 18.0 Å². The first kappa shape index (κ1) is 17.9. The van der Waals surface area contributed by atoms with E-state index >= 15 is 0 Å². The smallest absolute Gasteiger partial charge is 0.254 e. The molecule has 0 aliphatic carbocycles. The van der Waals surface area contributed by atoms with E-state index in [-0.39, 0.29) is 18.9 Å². The number of aliphatic hydroxyl groups excluding tert-OH is 1. The van der Waals surface area contributed by atoms with Crippen LogP contribution < -0.4 is 0 Å². The van der Waals surface area contributed by atoms with Gasteiger partial charge < -0.3 is 10.0 Å². The summed E-state index contributed by atoms with van der Waals surface area (Å²) in [6.45, 7) is 0.114. The largest absolute Gasteiger partial charge is 0.391 e. The van der Waals surface area contributed by atoms with Gasteiger partial charge in [-0.2, -0.15) is 10.4 Å². The van der Waals surface area contributed by atoms with Gasteiger partial charge in [-0.25, -0.2) is 4.39 Å². The lowest BCUT2D eigenvalue weighted by Gasteiger charge is -2.25. The van der Waals surface area contributed by atoms with Crippen molar-refractivity contribution < 1.29 is 14.3 Å². The molecule has 2 aromatic carbocycles. The number of aromatic nitrogens is 2. The van der Waals surface area contributed by atoms with Crippen LogP contribution in [0, 0.1) is 17.1 Å². The van der Waals surface area contributed by atoms with E-state index in [9.17, 15) is 19.6 Å². The van der Waals surface area contributed by atoms with Gasteiger partial charge in [0.1, 0.15) is 5.82 Å². The van der Waals surface area contributed by atoms with Crippen LogP contribution in [0.3, 0.4) is 0 Å². The van der Waals surface area contributed by atoms with Gasteiger partial charge in [0, 0.05) is 35.0 Å². The van der Waals surface area contributed by atoms with Crippen LogP contribution in [-0.2, 0) is 0 Å². The van der Waals surface area contributed by atoms with Crippen LogP contribution in [0.25, 0.3) is 11.1 Å². The number of benzene rings is 2. The van der Waals surface area contributed by atoms with Gasteiger partial charge in [0.05, 0.1) is 30.0 Å². The third-order valence-corrected chi connectivity index (χ3v) is 5.00. The lowest BCUT2D eigenvalue weighted by atomic mass is 9.99. The summed E-state index contributed by atoms with van der Waals surface area (Å²) in [5.41, 5.74) is 2.45. The first-order valence-electron chi connectivity index (χ1n) is 8.85. The minimum absolute atomic E-state index is 0.114. The predicted molar refractivity (Wildman–Crippen MR) is 99.5 cm³/mol. The predicted octanol–water partition coefficient (Wildman–Crippen LogP) is 3.04. The zero-order chi connectivity index (χ0) is 19.7. The number of rotatable bonds is 3. The number of amides is 1. The SMILES string of the molecule is N#Cc1cc(C(=O)N2C[C@@H](O)C[C@@H]2c2ccccc2F)ccc1-c1cn[nH]c1. The van der Waals surface area contributed by atoms with Gasteiger partial charge in [-0.05, 0) is 24.6 Å². The molecule has 1 aliphatic rings. The number of β-amino-alcohol motifs (C(OH)–C–C–N with tert-alkyl or cyclic N) is 1. The monoisotopic (exact) mass is 376 g/mol. The van der Waals surface area contributed by atoms with Crippen molar-refractivity contribution in [1.82, 2.24) is 15.1 Å². The Morgan fingerprint density at radius 3 is 2.86 bits per heavy atom. The van der Waals surface area contributed by atoms with Crippen molar-refractivity contribution in [3.63, 3.8) is 0 Å². The number of likely N-dealkylation sites (tertiary alicyclic amines) is 1. The van der Waals surface area contributed by atoms with Gasteiger partial charge in [-0.3, -0.25) is 9.89 Å². The summed E-state index contributed by atoms with van der Waals surface area (Å²) in [5.74, 6) is -0.757. The Bertz CT molecular complexity index is 1060. The van der Waals surface area contributed by atoms with E-state index in [2.05, 4.69) is 16.3 Å². The number of aromatic amines is 1. The van der Waals surface area contributed by atoms with Crippen LogP contribution in [-0.4, -0.2) is 38.8 Å². The Balaban J connectivity index is 1.68. The van der Waals surface area contributed by atoms with E-state index in [1.165, 1.54) is 17.0 Å². The minimum atomic E-state index is -0.728. The van der Waals surface area contributed by atoms with Crippen molar-refractivity contribution in [3.8, 4) is 17.2 Å². The van der Waals surface area contributed by atoms with Crippen molar-refractivity contribution in [1.29, 1.82) is 5.26 Å². The molecule has 6 nitrogen and oxygen atoms in total. The number of aliphatic hydroxyl groups is 1. The first-order valence-corrected chi connectivity index (χ1v) is 8.85. The zero-order valence-electron chi connectivity index (χ0n) is 14.8. The summed E-state index contributed by atoms with van der Waals surface area (Å²) in [5, 5.41) is 26.2. The average molecular weight is 376 g/mol. The zero-order valence-corrected chi connectivity index (χ0v) is 14.8. The molecule has 1 fully saturated rings. The Morgan fingerprint density at radius 1 is 1.32 bits per heavy atom. The molecule has 0 bridgehead atoms. The van der Waals surface area contributed by atoms with Crippen molar-refractivity contribution in [2.24, 2.45) is 0 Å². The molecule has 0 unspecified atom stereocenters. The van der Waals surface area contributed by atoms with E-state index in [0.29, 0.717) is 22.3 Å². The van der Waals surface area contributed by atoms with Crippen LogP contribution in [0.2, 0.25) is 0 Å². The van der Waals surface area contributed by atoms with Gasteiger partial charge in [-0.15, -0.1) is 0 Å². The Kier molecular flexibility index (Phi) is 4.63. The fourth-order valence-electron chi connectivity index (χ4n) is 3.66. The number of nitrogens with zero attached hydrogens (tertiary/aromatic N) is 3. The summed E-state index contributed by atoms with van der Waals surface area (Å²) in [4.78, 5) is 14.6. The number of nitriles is 1. The molecule has 0 radical (unpaired) electrons. The highest BCUT2D eigenvalue weighted by Gasteiger charge is 2.37. The summed E-state index contributed by atoms with van der Waals surface area (Å²) in [6.07, 6.45) is 2.81. The fraction of sp³-hybridized carbons (Fsp3) is 0.190. The molecule has 1 amide bonds. The van der Waals surface area contributed by atoms with Crippen molar-refractivity contribution in [2.75, 3.05) is 6.54 Å². The standard InChI is InChI=1S/C21H17FN4O2/c22-19-4-2-1-3-18(19)20-8-16(27)12-26(20)21(28)13-5-6-17(14(7-13)9-23)15-10-24-25-11-15/h1-7,10-11,16,20,27H,8,12H2,(H,24,25)/t16-,20+/m0/s1. The summed E-state index contributed by atoms with van der Waals surface area (Å²) in [6, 6.07) is 12.7. The van der Waals surface area contributed by atoms with Crippen LogP contribution in [0.15, 0.2) is 54.9 Å². The summed E-state index contributed by atoms with van der Waals surface area (Å²) < 4.78 is 14.3. The minimum Gasteiger partial charge on any atom is -0.391 e. The van der Waals surface area contributed by atoms with Crippen LogP contribution in [0.5, 0.6) is 0 Å². The Labute approximate surface area is 160 Å². The number of H-pyrrole nitrogens is 1. The maximum atomic E-state index is 14.3. The number of carbonyl (C=O) groups is 1. The molecule has 2 heterocycles. The molecule has 2 atom stereocenters. The molecule has 28 heavy (non-hydrogen) atoms. The normalized spacial score (nSPS) is 18.8. The van der Waals surface area contributed by atoms with E-state index in [4.69, 9.17) is 0 Å². The third kappa shape index (κ3) is 3.15. The van der Waals surface area contributed by atoms with Crippen molar-refractivity contribution in [2.45, 2.75) is 18.6 Å². The molecule has 7 heteroatoms. The lowest BCUT2D eigenvalue weighted by Crippen LogP contribution is -2.32. The highest BCUT2D eigenvalue weighted by molar-refractivity contribution is 5.96. The maximum absolute atomic E-state index is 14.3. The second-order valence-electron chi connectivity index (χ2n) is 6.74. The van der Waals surface area contributed by atoms with Gasteiger partial charge in [0.15, 0.2) is 0 Å². The highest BCUT2D eigenvalue weighted by Crippen LogP contribution is 2.35. The molecule has 1 aromatic heterocycles. The number of halogens is 1. The first-order chi connectivity index (χ1) is 13.6. The van der Waals surface area contributed by atoms with Crippen LogP contribution in [0.4, 0.5) is 4.39 Å². The lowest BCUT2D eigenvalue weighted by molar-refractivity contribution is 0.0714. The number of hydrogen-bond acceptors (Lipinski definition) is 4. The number of nitrogens with one attached hydrogen (secondary N) is 1. The van der Waals surface area contributed by atoms with E-state index in [1.54, 1.807) is 42.7 Å². The van der Waals surface area contributed by atoms with Gasteiger partial charge >= 0.3 is 0 Å². The highest BCUT2D eigenvalue weighted by atomic mass is 19.1. The molecule has 4 rings (SSSR count). The third-order valence-electron chi connectivity index (χ3n) is 5.00. The molecule has 1 aliphatic heterocycles. The summed E-state index contributed by atoms with van der Waals surface area (Å²) >= 11 is 0. The molecule has 0 saturated carbocycles. The molecule has 2 N–H and O–H groups in total. The van der Waals surface area contributed by atoms with Crippen molar-refractivity contribution >= 4 is 5.91 Å². The molecule has 1 saturated heterocycles. The van der Waals surface area contributed by atoms with Gasteiger partial charge in [-0.1, -0.05) is 24.3 Å². The topological polar surface area (TPSA) is 93.0 Å². The Hall–Kier alpha value is -3.50. The molecular weight excluding hydrogens is 359 g/mol. The maximum Gasteiger partial charge on any atom is 0.254 e. The van der Waals surface area contributed by atoms with E-state index in [0.717, 1.165) is 5.56 Å². The molecular formula is C21H17FN4O2. The van der Waals surface area contributed by atoms with Gasteiger partial charge in [0.2, 0.25) is 0 Å². The Morgan fingerprint density at radius 2 is 2.14 bits per heavy atom. The quantitative estimate of drug-likeness (QED) is 0.735. The number of hydrogen-bond donors (Lipinski definition) is 2. The molecule has 3 aromatic rings. The van der Waals surface area contributed by atoms with Crippen LogP contribution in [0.1, 0.15) is 33.9 Å². The van der Waals surface area contributed by atoms with Crippen molar-refractivity contribution in [3.05, 3.63) is 77.4 Å². The second-order valence-corrected chi connectivity index (χ2v) is 6.74. The van der Waals surface area contributed by atoms with Crippen LogP contribution >= 0.6 is 0 Å². The average Bonchev–Trinajstić information content (AvgIpc) is 3.37. The second kappa shape index (κ2) is 7.25. The molecule has 140 valence electrons. The summed E-state index contributed by atoms with van der Waals surface area (Å²) in [7, 11) is 0. The fourth-order valence-corrected chi connectivity index (χ4v) is 3.66.